The molecule has 1 fully saturated rings. The second-order valence-corrected chi connectivity index (χ2v) is 3.65. The Morgan fingerprint density at radius 2 is 2.50 bits per heavy atom. The van der Waals surface area contributed by atoms with Crippen LogP contribution in [0.2, 0.25) is 0 Å². The number of hydrogen-bond donors (Lipinski definition) is 2. The molecule has 0 spiro atoms. The molecule has 2 rings (SSSR count). The van der Waals surface area contributed by atoms with E-state index in [0.717, 1.165) is 12.8 Å². The van der Waals surface area contributed by atoms with Crippen LogP contribution >= 0.6 is 0 Å². The number of nitrogens with one attached hydrogen (secondary N) is 1. The van der Waals surface area contributed by atoms with Crippen LogP contribution in [0.25, 0.3) is 0 Å². The van der Waals surface area contributed by atoms with Crippen LogP contribution < -0.4 is 11.1 Å². The lowest BCUT2D eigenvalue weighted by atomic mass is 10.3. The first kappa shape index (κ1) is 9.05. The van der Waals surface area contributed by atoms with Gasteiger partial charge in [-0.25, -0.2) is 4.98 Å². The lowest BCUT2D eigenvalue weighted by molar-refractivity contribution is -0.123. The first-order valence-electron chi connectivity index (χ1n) is 4.77. The van der Waals surface area contributed by atoms with Gasteiger partial charge >= 0.3 is 0 Å². The molecular formula is C9H14N4O. The van der Waals surface area contributed by atoms with Gasteiger partial charge in [0.05, 0.1) is 0 Å². The summed E-state index contributed by atoms with van der Waals surface area (Å²) in [7, 11) is 0. The van der Waals surface area contributed by atoms with Gasteiger partial charge in [0.15, 0.2) is 0 Å². The summed E-state index contributed by atoms with van der Waals surface area (Å²) in [6.45, 7) is 1.82. The molecule has 14 heavy (non-hydrogen) atoms. The number of nitrogens with zero attached hydrogens (tertiary/aromatic N) is 2. The number of rotatable bonds is 3. The highest BCUT2D eigenvalue weighted by atomic mass is 16.2. The number of amides is 1. The van der Waals surface area contributed by atoms with Crippen molar-refractivity contribution in [2.75, 3.05) is 5.73 Å². The van der Waals surface area contributed by atoms with E-state index in [1.54, 1.807) is 17.0 Å². The van der Waals surface area contributed by atoms with Crippen LogP contribution in [0.4, 0.5) is 5.95 Å². The molecule has 1 unspecified atom stereocenters. The molecular weight excluding hydrogens is 180 g/mol. The van der Waals surface area contributed by atoms with Gasteiger partial charge in [0, 0.05) is 18.4 Å². The Balaban J connectivity index is 2.03. The zero-order chi connectivity index (χ0) is 10.1. The molecule has 0 bridgehead atoms. The molecule has 0 saturated heterocycles. The topological polar surface area (TPSA) is 72.9 Å². The van der Waals surface area contributed by atoms with Crippen molar-refractivity contribution < 1.29 is 4.79 Å². The minimum Gasteiger partial charge on any atom is -0.369 e. The maximum Gasteiger partial charge on any atom is 0.243 e. The van der Waals surface area contributed by atoms with E-state index in [2.05, 4.69) is 10.3 Å². The molecule has 1 saturated carbocycles. The normalized spacial score (nSPS) is 17.8. The van der Waals surface area contributed by atoms with Crippen LogP contribution in [-0.4, -0.2) is 21.5 Å². The summed E-state index contributed by atoms with van der Waals surface area (Å²) < 4.78 is 1.66. The number of hydrogen-bond acceptors (Lipinski definition) is 3. The molecule has 0 radical (unpaired) electrons. The summed E-state index contributed by atoms with van der Waals surface area (Å²) >= 11 is 0. The highest BCUT2D eigenvalue weighted by Crippen LogP contribution is 2.20. The van der Waals surface area contributed by atoms with Crippen LogP contribution in [-0.2, 0) is 4.79 Å². The monoisotopic (exact) mass is 194 g/mol. The van der Waals surface area contributed by atoms with E-state index in [4.69, 9.17) is 5.73 Å². The molecule has 1 aromatic heterocycles. The van der Waals surface area contributed by atoms with E-state index in [1.165, 1.54) is 0 Å². The van der Waals surface area contributed by atoms with Gasteiger partial charge in [-0.3, -0.25) is 4.79 Å². The van der Waals surface area contributed by atoms with Gasteiger partial charge in [-0.05, 0) is 19.8 Å². The molecule has 1 aliphatic carbocycles. The Morgan fingerprint density at radius 3 is 3.00 bits per heavy atom. The molecule has 5 heteroatoms. The molecule has 0 aromatic carbocycles. The van der Waals surface area contributed by atoms with Crippen LogP contribution in [0.15, 0.2) is 12.4 Å². The lowest BCUT2D eigenvalue weighted by Crippen LogP contribution is -2.32. The van der Waals surface area contributed by atoms with Gasteiger partial charge in [-0.1, -0.05) is 0 Å². The summed E-state index contributed by atoms with van der Waals surface area (Å²) in [5, 5.41) is 2.93. The molecule has 1 heterocycles. The van der Waals surface area contributed by atoms with Crippen molar-refractivity contribution in [1.29, 1.82) is 0 Å². The maximum atomic E-state index is 11.6. The third-order valence-electron chi connectivity index (χ3n) is 2.42. The second-order valence-electron chi connectivity index (χ2n) is 3.65. The smallest absolute Gasteiger partial charge is 0.243 e. The van der Waals surface area contributed by atoms with Crippen molar-refractivity contribution in [3.05, 3.63) is 12.4 Å². The zero-order valence-corrected chi connectivity index (χ0v) is 8.10. The van der Waals surface area contributed by atoms with Gasteiger partial charge in [0.2, 0.25) is 11.9 Å². The van der Waals surface area contributed by atoms with Gasteiger partial charge < -0.3 is 15.6 Å². The van der Waals surface area contributed by atoms with Crippen LogP contribution in [0.5, 0.6) is 0 Å². The number of anilines is 1. The number of nitrogen functional groups attached to an aromatic ring is 1. The zero-order valence-electron chi connectivity index (χ0n) is 8.10. The Kier molecular flexibility index (Phi) is 2.15. The van der Waals surface area contributed by atoms with Crippen molar-refractivity contribution in [2.45, 2.75) is 31.8 Å². The Labute approximate surface area is 82.3 Å². The second kappa shape index (κ2) is 3.32. The fraction of sp³-hybridized carbons (Fsp3) is 0.556. The fourth-order valence-electron chi connectivity index (χ4n) is 1.33. The average molecular weight is 194 g/mol. The third kappa shape index (κ3) is 1.71. The number of imidazole rings is 1. The van der Waals surface area contributed by atoms with Crippen LogP contribution in [0.3, 0.4) is 0 Å². The lowest BCUT2D eigenvalue weighted by Gasteiger charge is -2.14. The van der Waals surface area contributed by atoms with Crippen molar-refractivity contribution in [1.82, 2.24) is 14.9 Å². The summed E-state index contributed by atoms with van der Waals surface area (Å²) in [6.07, 6.45) is 5.50. The first-order valence-corrected chi connectivity index (χ1v) is 4.77. The highest BCUT2D eigenvalue weighted by Gasteiger charge is 2.26. The minimum atomic E-state index is -0.280. The van der Waals surface area contributed by atoms with E-state index < -0.39 is 0 Å². The fourth-order valence-corrected chi connectivity index (χ4v) is 1.33. The van der Waals surface area contributed by atoms with Crippen molar-refractivity contribution in [3.63, 3.8) is 0 Å². The Morgan fingerprint density at radius 1 is 1.79 bits per heavy atom. The molecule has 3 N–H and O–H groups in total. The predicted molar refractivity (Wildman–Crippen MR) is 52.5 cm³/mol. The maximum absolute atomic E-state index is 11.6. The number of nitrogens with two attached hydrogens (primary N) is 1. The van der Waals surface area contributed by atoms with E-state index in [-0.39, 0.29) is 11.9 Å². The van der Waals surface area contributed by atoms with E-state index >= 15 is 0 Å². The first-order chi connectivity index (χ1) is 6.68. The standard InChI is InChI=1S/C9H14N4O/c1-6(8(14)12-7-2-3-7)13-5-4-11-9(13)10/h4-7H,2-3H2,1H3,(H2,10,11)(H,12,14). The quantitative estimate of drug-likeness (QED) is 0.727. The molecule has 0 aliphatic heterocycles. The summed E-state index contributed by atoms with van der Waals surface area (Å²) in [5.74, 6) is 0.389. The van der Waals surface area contributed by atoms with Gasteiger partial charge in [0.1, 0.15) is 6.04 Å². The van der Waals surface area contributed by atoms with Crippen molar-refractivity contribution >= 4 is 11.9 Å². The largest absolute Gasteiger partial charge is 0.369 e. The van der Waals surface area contributed by atoms with Gasteiger partial charge in [-0.15, -0.1) is 0 Å². The highest BCUT2D eigenvalue weighted by molar-refractivity contribution is 5.80. The van der Waals surface area contributed by atoms with E-state index in [9.17, 15) is 4.79 Å². The predicted octanol–water partition coefficient (Wildman–Crippen LogP) is 0.305. The molecule has 76 valence electrons. The van der Waals surface area contributed by atoms with E-state index in [1.807, 2.05) is 6.92 Å². The molecule has 1 aromatic rings. The number of aromatic nitrogens is 2. The van der Waals surface area contributed by atoms with Gasteiger partial charge in [-0.2, -0.15) is 0 Å². The summed E-state index contributed by atoms with van der Waals surface area (Å²) in [6, 6.07) is 0.104. The van der Waals surface area contributed by atoms with Crippen LogP contribution in [0.1, 0.15) is 25.8 Å². The summed E-state index contributed by atoms with van der Waals surface area (Å²) in [4.78, 5) is 15.5. The number of carbonyl (C=O) groups excluding carboxylic acids is 1. The van der Waals surface area contributed by atoms with Crippen molar-refractivity contribution in [3.8, 4) is 0 Å². The molecule has 1 atom stereocenters. The third-order valence-corrected chi connectivity index (χ3v) is 2.42. The number of carbonyl (C=O) groups is 1. The Bertz CT molecular complexity index is 342. The molecule has 1 amide bonds. The van der Waals surface area contributed by atoms with Gasteiger partial charge in [0.25, 0.3) is 0 Å². The molecule has 5 nitrogen and oxygen atoms in total. The summed E-state index contributed by atoms with van der Waals surface area (Å²) in [5.41, 5.74) is 5.60. The van der Waals surface area contributed by atoms with Crippen molar-refractivity contribution in [2.24, 2.45) is 0 Å². The van der Waals surface area contributed by atoms with E-state index in [0.29, 0.717) is 12.0 Å². The Hall–Kier alpha value is -1.52. The molecule has 1 aliphatic rings. The SMILES string of the molecule is CC(C(=O)NC1CC1)n1ccnc1N. The van der Waals surface area contributed by atoms with Crippen LogP contribution in [0, 0.1) is 0 Å². The average Bonchev–Trinajstić information content (AvgIpc) is 2.86. The minimum absolute atomic E-state index is 0.0113.